The zero-order valence-electron chi connectivity index (χ0n) is 16.4. The number of amides is 3. The molecule has 31 heavy (non-hydrogen) atoms. The fourth-order valence-corrected chi connectivity index (χ4v) is 4.71. The van der Waals surface area contributed by atoms with E-state index in [1.54, 1.807) is 48.5 Å². The van der Waals surface area contributed by atoms with Gasteiger partial charge in [-0.2, -0.15) is 0 Å². The van der Waals surface area contributed by atoms with Crippen LogP contribution in [0.3, 0.4) is 0 Å². The molecule has 0 spiro atoms. The molecule has 1 aliphatic carbocycles. The molecule has 3 aromatic rings. The van der Waals surface area contributed by atoms with Crippen LogP contribution in [0.2, 0.25) is 5.02 Å². The maximum absolute atomic E-state index is 13.0. The van der Waals surface area contributed by atoms with Crippen LogP contribution in [0.5, 0.6) is 0 Å². The number of halogens is 1. The molecule has 0 saturated heterocycles. The highest BCUT2D eigenvalue weighted by Crippen LogP contribution is 2.37. The number of carbonyl (C=O) groups is 3. The normalized spacial score (nSPS) is 15.1. The maximum Gasteiger partial charge on any atom is 0.257 e. The molecule has 1 unspecified atom stereocenters. The summed E-state index contributed by atoms with van der Waals surface area (Å²) in [5, 5.41) is 6.60. The van der Waals surface area contributed by atoms with Crippen LogP contribution in [0.15, 0.2) is 48.5 Å². The average molecular weight is 455 g/mol. The van der Waals surface area contributed by atoms with Crippen LogP contribution in [0.4, 0.5) is 10.8 Å². The van der Waals surface area contributed by atoms with Crippen LogP contribution < -0.4 is 16.4 Å². The SMILES string of the molecule is NC(=O)c1ccccc1NC(=O)C1CCCc2sc(NC(=O)c3ccc(Cl)cc3)nc21. The Morgan fingerprint density at radius 2 is 1.81 bits per heavy atom. The first-order chi connectivity index (χ1) is 14.9. The summed E-state index contributed by atoms with van der Waals surface area (Å²) in [7, 11) is 0. The summed E-state index contributed by atoms with van der Waals surface area (Å²) in [6.45, 7) is 0. The fourth-order valence-electron chi connectivity index (χ4n) is 3.52. The smallest absolute Gasteiger partial charge is 0.257 e. The van der Waals surface area contributed by atoms with Gasteiger partial charge in [0.05, 0.1) is 22.9 Å². The number of primary amides is 1. The number of hydrogen-bond acceptors (Lipinski definition) is 5. The van der Waals surface area contributed by atoms with Crippen molar-refractivity contribution >= 4 is 51.5 Å². The molecule has 9 heteroatoms. The van der Waals surface area contributed by atoms with Gasteiger partial charge in [-0.15, -0.1) is 11.3 Å². The lowest BCUT2D eigenvalue weighted by Crippen LogP contribution is -2.26. The van der Waals surface area contributed by atoms with E-state index in [0.29, 0.717) is 33.5 Å². The van der Waals surface area contributed by atoms with Crippen molar-refractivity contribution in [3.8, 4) is 0 Å². The molecule has 0 saturated carbocycles. The molecule has 4 N–H and O–H groups in total. The number of nitrogens with one attached hydrogen (secondary N) is 2. The van der Waals surface area contributed by atoms with E-state index in [2.05, 4.69) is 15.6 Å². The van der Waals surface area contributed by atoms with E-state index < -0.39 is 11.8 Å². The number of rotatable bonds is 5. The third-order valence-corrected chi connectivity index (χ3v) is 6.35. The maximum atomic E-state index is 13.0. The van der Waals surface area contributed by atoms with Crippen molar-refractivity contribution in [2.24, 2.45) is 5.73 Å². The summed E-state index contributed by atoms with van der Waals surface area (Å²) in [5.41, 5.74) is 7.16. The molecule has 1 aliphatic rings. The average Bonchev–Trinajstić information content (AvgIpc) is 3.16. The number of nitrogens with two attached hydrogens (primary N) is 1. The summed E-state index contributed by atoms with van der Waals surface area (Å²) in [6.07, 6.45) is 2.26. The van der Waals surface area contributed by atoms with Crippen molar-refractivity contribution in [1.29, 1.82) is 0 Å². The van der Waals surface area contributed by atoms with Crippen molar-refractivity contribution < 1.29 is 14.4 Å². The second-order valence-corrected chi connectivity index (χ2v) is 8.65. The Morgan fingerprint density at radius 3 is 2.55 bits per heavy atom. The molecule has 0 radical (unpaired) electrons. The minimum absolute atomic E-state index is 0.251. The molecular weight excluding hydrogens is 436 g/mol. The zero-order valence-corrected chi connectivity index (χ0v) is 17.9. The van der Waals surface area contributed by atoms with Crippen LogP contribution in [-0.4, -0.2) is 22.7 Å². The van der Waals surface area contributed by atoms with Crippen LogP contribution >= 0.6 is 22.9 Å². The van der Waals surface area contributed by atoms with Crippen LogP contribution in [-0.2, 0) is 11.2 Å². The van der Waals surface area contributed by atoms with Gasteiger partial charge in [0.1, 0.15) is 0 Å². The van der Waals surface area contributed by atoms with Crippen molar-refractivity contribution in [2.75, 3.05) is 10.6 Å². The molecule has 4 rings (SSSR count). The van der Waals surface area contributed by atoms with Gasteiger partial charge in [-0.25, -0.2) is 4.98 Å². The van der Waals surface area contributed by atoms with Gasteiger partial charge in [0.25, 0.3) is 11.8 Å². The molecule has 7 nitrogen and oxygen atoms in total. The Balaban J connectivity index is 1.52. The van der Waals surface area contributed by atoms with E-state index in [-0.39, 0.29) is 17.4 Å². The monoisotopic (exact) mass is 454 g/mol. The molecular formula is C22H19ClN4O3S. The Morgan fingerprint density at radius 1 is 1.06 bits per heavy atom. The van der Waals surface area contributed by atoms with E-state index in [0.717, 1.165) is 17.7 Å². The first-order valence-corrected chi connectivity index (χ1v) is 10.9. The van der Waals surface area contributed by atoms with Crippen molar-refractivity contribution in [1.82, 2.24) is 4.98 Å². The number of aryl methyl sites for hydroxylation is 1. The lowest BCUT2D eigenvalue weighted by molar-refractivity contribution is -0.117. The second kappa shape index (κ2) is 8.87. The molecule has 158 valence electrons. The summed E-state index contributed by atoms with van der Waals surface area (Å²) >= 11 is 7.24. The number of benzene rings is 2. The summed E-state index contributed by atoms with van der Waals surface area (Å²) in [5.74, 6) is -1.63. The Hall–Kier alpha value is -3.23. The number of hydrogen-bond donors (Lipinski definition) is 3. The lowest BCUT2D eigenvalue weighted by Gasteiger charge is -2.21. The standard InChI is InChI=1S/C22H19ClN4O3S/c23-13-10-8-12(9-11-13)20(29)27-22-26-18-15(5-3-7-17(18)31-22)21(30)25-16-6-2-1-4-14(16)19(24)28/h1-2,4,6,8-11,15H,3,5,7H2,(H2,24,28)(H,25,30)(H,26,27,29). The first kappa shape index (κ1) is 21.0. The number of anilines is 2. The van der Waals surface area contributed by atoms with Crippen molar-refractivity contribution in [2.45, 2.75) is 25.2 Å². The van der Waals surface area contributed by atoms with Gasteiger partial charge in [0, 0.05) is 15.5 Å². The minimum atomic E-state index is -0.610. The Bertz CT molecular complexity index is 1160. The van der Waals surface area contributed by atoms with Gasteiger partial charge in [-0.05, 0) is 55.7 Å². The zero-order chi connectivity index (χ0) is 22.0. The minimum Gasteiger partial charge on any atom is -0.366 e. The van der Waals surface area contributed by atoms with E-state index in [9.17, 15) is 14.4 Å². The number of aromatic nitrogens is 1. The third-order valence-electron chi connectivity index (χ3n) is 5.05. The van der Waals surface area contributed by atoms with Crippen LogP contribution in [0.25, 0.3) is 0 Å². The van der Waals surface area contributed by atoms with E-state index >= 15 is 0 Å². The Labute approximate surface area is 187 Å². The van der Waals surface area contributed by atoms with Gasteiger partial charge in [0.15, 0.2) is 5.13 Å². The highest BCUT2D eigenvalue weighted by molar-refractivity contribution is 7.16. The lowest BCUT2D eigenvalue weighted by atomic mass is 9.90. The Kier molecular flexibility index (Phi) is 6.01. The van der Waals surface area contributed by atoms with Crippen molar-refractivity contribution in [3.63, 3.8) is 0 Å². The van der Waals surface area contributed by atoms with E-state index in [1.165, 1.54) is 11.3 Å². The molecule has 2 aromatic carbocycles. The highest BCUT2D eigenvalue weighted by atomic mass is 35.5. The molecule has 0 aliphatic heterocycles. The van der Waals surface area contributed by atoms with Crippen molar-refractivity contribution in [3.05, 3.63) is 75.3 Å². The van der Waals surface area contributed by atoms with E-state index in [4.69, 9.17) is 17.3 Å². The quantitative estimate of drug-likeness (QED) is 0.535. The molecule has 1 aromatic heterocycles. The van der Waals surface area contributed by atoms with Gasteiger partial charge < -0.3 is 11.1 Å². The fraction of sp³-hybridized carbons (Fsp3) is 0.182. The largest absolute Gasteiger partial charge is 0.366 e. The summed E-state index contributed by atoms with van der Waals surface area (Å²) < 4.78 is 0. The van der Waals surface area contributed by atoms with Crippen LogP contribution in [0, 0.1) is 0 Å². The number of thiazole rings is 1. The number of para-hydroxylation sites is 1. The molecule has 0 fully saturated rings. The number of carbonyl (C=O) groups excluding carboxylic acids is 3. The predicted octanol–water partition coefficient (Wildman–Crippen LogP) is 4.21. The second-order valence-electron chi connectivity index (χ2n) is 7.13. The highest BCUT2D eigenvalue weighted by Gasteiger charge is 2.31. The van der Waals surface area contributed by atoms with Crippen LogP contribution in [0.1, 0.15) is 50.0 Å². The van der Waals surface area contributed by atoms with E-state index in [1.807, 2.05) is 0 Å². The van der Waals surface area contributed by atoms with Gasteiger partial charge in [-0.1, -0.05) is 23.7 Å². The van der Waals surface area contributed by atoms with Gasteiger partial charge in [-0.3, -0.25) is 19.7 Å². The first-order valence-electron chi connectivity index (χ1n) is 9.68. The number of fused-ring (bicyclic) bond motifs is 1. The number of nitrogens with zero attached hydrogens (tertiary/aromatic N) is 1. The molecule has 0 bridgehead atoms. The topological polar surface area (TPSA) is 114 Å². The van der Waals surface area contributed by atoms with Gasteiger partial charge >= 0.3 is 0 Å². The molecule has 1 heterocycles. The molecule has 1 atom stereocenters. The third kappa shape index (κ3) is 4.60. The summed E-state index contributed by atoms with van der Waals surface area (Å²) in [6, 6.07) is 13.2. The summed E-state index contributed by atoms with van der Waals surface area (Å²) in [4.78, 5) is 42.6. The molecule has 3 amide bonds. The predicted molar refractivity (Wildman–Crippen MR) is 121 cm³/mol. The van der Waals surface area contributed by atoms with Gasteiger partial charge in [0.2, 0.25) is 5.91 Å².